The number of benzene rings is 1. The fourth-order valence-corrected chi connectivity index (χ4v) is 2.15. The number of nitrogens with zero attached hydrogens (tertiary/aromatic N) is 2. The number of carbonyl (C=O) groups is 1. The van der Waals surface area contributed by atoms with Crippen molar-refractivity contribution in [3.05, 3.63) is 58.3 Å². The molecule has 0 spiro atoms. The number of hydrogen-bond acceptors (Lipinski definition) is 4. The van der Waals surface area contributed by atoms with Crippen LogP contribution in [0.1, 0.15) is 17.3 Å². The van der Waals surface area contributed by atoms with E-state index in [1.165, 1.54) is 23.0 Å². The maximum absolute atomic E-state index is 13.9. The van der Waals surface area contributed by atoms with Crippen LogP contribution in [0.3, 0.4) is 0 Å². The molecule has 112 valence electrons. The first-order valence-electron chi connectivity index (χ1n) is 6.65. The van der Waals surface area contributed by atoms with Gasteiger partial charge >= 0.3 is 5.97 Å². The van der Waals surface area contributed by atoms with E-state index in [4.69, 9.17) is 4.74 Å². The average Bonchev–Trinajstić information content (AvgIpc) is 2.90. The summed E-state index contributed by atoms with van der Waals surface area (Å²) >= 11 is 0. The van der Waals surface area contributed by atoms with Crippen LogP contribution >= 0.6 is 0 Å². The largest absolute Gasteiger partial charge is 0.462 e. The molecule has 0 unspecified atom stereocenters. The molecule has 0 bridgehead atoms. The SMILES string of the molecule is CCOC(=O)c1cc2cnn(-c3ccccc3F)c2[nH]c1=O. The molecule has 1 aromatic carbocycles. The van der Waals surface area contributed by atoms with E-state index >= 15 is 0 Å². The van der Waals surface area contributed by atoms with Gasteiger partial charge in [-0.1, -0.05) is 12.1 Å². The molecular weight excluding hydrogens is 289 g/mol. The van der Waals surface area contributed by atoms with Gasteiger partial charge in [-0.05, 0) is 25.1 Å². The van der Waals surface area contributed by atoms with Crippen molar-refractivity contribution in [1.29, 1.82) is 0 Å². The van der Waals surface area contributed by atoms with Crippen molar-refractivity contribution in [2.45, 2.75) is 6.92 Å². The lowest BCUT2D eigenvalue weighted by atomic mass is 10.2. The van der Waals surface area contributed by atoms with Crippen LogP contribution < -0.4 is 5.56 Å². The lowest BCUT2D eigenvalue weighted by Gasteiger charge is -2.05. The van der Waals surface area contributed by atoms with E-state index in [9.17, 15) is 14.0 Å². The van der Waals surface area contributed by atoms with Crippen LogP contribution in [0.4, 0.5) is 4.39 Å². The summed E-state index contributed by atoms with van der Waals surface area (Å²) in [6.45, 7) is 1.83. The number of hydrogen-bond donors (Lipinski definition) is 1. The van der Waals surface area contributed by atoms with Crippen molar-refractivity contribution >= 4 is 17.0 Å². The van der Waals surface area contributed by atoms with Crippen molar-refractivity contribution in [2.75, 3.05) is 6.61 Å². The highest BCUT2D eigenvalue weighted by atomic mass is 19.1. The Bertz CT molecular complexity index is 914. The topological polar surface area (TPSA) is 77.0 Å². The molecule has 0 aliphatic carbocycles. The van der Waals surface area contributed by atoms with Crippen LogP contribution in [-0.4, -0.2) is 27.3 Å². The van der Waals surface area contributed by atoms with Crippen molar-refractivity contribution in [3.8, 4) is 5.69 Å². The van der Waals surface area contributed by atoms with E-state index in [2.05, 4.69) is 10.1 Å². The number of carbonyl (C=O) groups excluding carboxylic acids is 1. The Labute approximate surface area is 124 Å². The molecule has 0 atom stereocenters. The maximum atomic E-state index is 13.9. The monoisotopic (exact) mass is 301 g/mol. The number of fused-ring (bicyclic) bond motifs is 1. The van der Waals surface area contributed by atoms with Gasteiger partial charge in [0.15, 0.2) is 0 Å². The second-order valence-electron chi connectivity index (χ2n) is 4.54. The Morgan fingerprint density at radius 3 is 2.91 bits per heavy atom. The zero-order valence-corrected chi connectivity index (χ0v) is 11.7. The van der Waals surface area contributed by atoms with Crippen molar-refractivity contribution < 1.29 is 13.9 Å². The summed E-state index contributed by atoms with van der Waals surface area (Å²) in [5.41, 5.74) is -0.202. The quantitative estimate of drug-likeness (QED) is 0.751. The van der Waals surface area contributed by atoms with E-state index in [0.29, 0.717) is 11.0 Å². The Kier molecular flexibility index (Phi) is 3.46. The number of H-pyrrole nitrogens is 1. The van der Waals surface area contributed by atoms with Crippen LogP contribution in [0.15, 0.2) is 41.3 Å². The minimum atomic E-state index is -0.704. The summed E-state index contributed by atoms with van der Waals surface area (Å²) in [4.78, 5) is 26.3. The highest BCUT2D eigenvalue weighted by molar-refractivity contribution is 5.93. The summed E-state index contributed by atoms with van der Waals surface area (Å²) in [5, 5.41) is 4.57. The Hall–Kier alpha value is -2.96. The zero-order chi connectivity index (χ0) is 15.7. The summed E-state index contributed by atoms with van der Waals surface area (Å²) in [7, 11) is 0. The number of rotatable bonds is 3. The number of aromatic amines is 1. The fourth-order valence-electron chi connectivity index (χ4n) is 2.15. The molecule has 0 aliphatic rings. The van der Waals surface area contributed by atoms with E-state index in [1.807, 2.05) is 0 Å². The summed E-state index contributed by atoms with van der Waals surface area (Å²) < 4.78 is 20.0. The molecule has 0 saturated heterocycles. The minimum absolute atomic E-state index is 0.109. The summed E-state index contributed by atoms with van der Waals surface area (Å²) in [5.74, 6) is -1.17. The second-order valence-corrected chi connectivity index (χ2v) is 4.54. The lowest BCUT2D eigenvalue weighted by molar-refractivity contribution is 0.0524. The minimum Gasteiger partial charge on any atom is -0.462 e. The maximum Gasteiger partial charge on any atom is 0.343 e. The number of nitrogens with one attached hydrogen (secondary N) is 1. The molecule has 2 heterocycles. The summed E-state index contributed by atoms with van der Waals surface area (Å²) in [6.07, 6.45) is 1.44. The van der Waals surface area contributed by atoms with Gasteiger partial charge in [0, 0.05) is 5.39 Å². The number of esters is 1. The van der Waals surface area contributed by atoms with E-state index in [-0.39, 0.29) is 17.9 Å². The molecule has 3 rings (SSSR count). The number of halogens is 1. The third kappa shape index (κ3) is 2.26. The molecule has 0 radical (unpaired) electrons. The third-order valence-corrected chi connectivity index (χ3v) is 3.15. The Morgan fingerprint density at radius 1 is 1.41 bits per heavy atom. The van der Waals surface area contributed by atoms with Gasteiger partial charge in [0.1, 0.15) is 22.7 Å². The van der Waals surface area contributed by atoms with Gasteiger partial charge < -0.3 is 9.72 Å². The molecule has 0 fully saturated rings. The Balaban J connectivity index is 2.18. The van der Waals surface area contributed by atoms with Crippen molar-refractivity contribution in [2.24, 2.45) is 0 Å². The lowest BCUT2D eigenvalue weighted by Crippen LogP contribution is -2.20. The normalized spacial score (nSPS) is 10.8. The molecule has 0 aliphatic heterocycles. The third-order valence-electron chi connectivity index (χ3n) is 3.15. The second kappa shape index (κ2) is 5.44. The van der Waals surface area contributed by atoms with Crippen molar-refractivity contribution in [3.63, 3.8) is 0 Å². The van der Waals surface area contributed by atoms with Crippen molar-refractivity contribution in [1.82, 2.24) is 14.8 Å². The van der Waals surface area contributed by atoms with E-state index in [0.717, 1.165) is 0 Å². The molecule has 7 heteroatoms. The van der Waals surface area contributed by atoms with E-state index in [1.54, 1.807) is 25.1 Å². The van der Waals surface area contributed by atoms with Gasteiger partial charge in [0.25, 0.3) is 5.56 Å². The Morgan fingerprint density at radius 2 is 2.18 bits per heavy atom. The van der Waals surface area contributed by atoms with Gasteiger partial charge in [0.05, 0.1) is 12.8 Å². The molecule has 2 aromatic heterocycles. The highest BCUT2D eigenvalue weighted by Crippen LogP contribution is 2.18. The van der Waals surface area contributed by atoms with Crippen LogP contribution in [0.25, 0.3) is 16.7 Å². The van der Waals surface area contributed by atoms with Crippen LogP contribution in [0, 0.1) is 5.82 Å². The first kappa shape index (κ1) is 14.0. The molecule has 0 amide bonds. The fraction of sp³-hybridized carbons (Fsp3) is 0.133. The van der Waals surface area contributed by atoms with Crippen LogP contribution in [-0.2, 0) is 4.74 Å². The first-order chi connectivity index (χ1) is 10.6. The van der Waals surface area contributed by atoms with Crippen LogP contribution in [0.5, 0.6) is 0 Å². The van der Waals surface area contributed by atoms with E-state index < -0.39 is 17.3 Å². The average molecular weight is 301 g/mol. The first-order valence-corrected chi connectivity index (χ1v) is 6.65. The number of ether oxygens (including phenoxy) is 1. The molecule has 0 saturated carbocycles. The van der Waals surface area contributed by atoms with Gasteiger partial charge in [-0.25, -0.2) is 13.9 Å². The number of aromatic nitrogens is 3. The predicted octanol–water partition coefficient (Wildman–Crippen LogP) is 2.03. The smallest absolute Gasteiger partial charge is 0.343 e. The molecule has 1 N–H and O–H groups in total. The highest BCUT2D eigenvalue weighted by Gasteiger charge is 2.16. The van der Waals surface area contributed by atoms with Gasteiger partial charge in [-0.2, -0.15) is 5.10 Å². The van der Waals surface area contributed by atoms with Crippen LogP contribution in [0.2, 0.25) is 0 Å². The van der Waals surface area contributed by atoms with Gasteiger partial charge in [-0.3, -0.25) is 4.79 Å². The molecule has 22 heavy (non-hydrogen) atoms. The standard InChI is InChI=1S/C15H12FN3O3/c1-2-22-15(21)10-7-9-8-17-19(13(9)18-14(10)20)12-6-4-3-5-11(12)16/h3-8H,2H2,1H3,(H,18,20). The summed E-state index contributed by atoms with van der Waals surface area (Å²) in [6, 6.07) is 7.45. The molecule has 3 aromatic rings. The molecule has 6 nitrogen and oxygen atoms in total. The zero-order valence-electron chi connectivity index (χ0n) is 11.7. The number of pyridine rings is 1. The van der Waals surface area contributed by atoms with Gasteiger partial charge in [0.2, 0.25) is 0 Å². The van der Waals surface area contributed by atoms with Gasteiger partial charge in [-0.15, -0.1) is 0 Å². The molecular formula is C15H12FN3O3. The number of para-hydroxylation sites is 1. The predicted molar refractivity (Wildman–Crippen MR) is 77.6 cm³/mol.